The van der Waals surface area contributed by atoms with E-state index in [4.69, 9.17) is 0 Å². The van der Waals surface area contributed by atoms with Gasteiger partial charge in [-0.2, -0.15) is 0 Å². The summed E-state index contributed by atoms with van der Waals surface area (Å²) in [5.41, 5.74) is 0.325. The molecule has 1 aliphatic heterocycles. The molecule has 0 aliphatic carbocycles. The lowest BCUT2D eigenvalue weighted by Crippen LogP contribution is -2.46. The Bertz CT molecular complexity index is 191. The lowest BCUT2D eigenvalue weighted by Gasteiger charge is -2.34. The molecule has 0 saturated carbocycles. The van der Waals surface area contributed by atoms with Crippen LogP contribution in [-0.2, 0) is 0 Å². The average Bonchev–Trinajstić information content (AvgIpc) is 2.25. The second kappa shape index (κ2) is 3.82. The van der Waals surface area contributed by atoms with E-state index in [1.54, 1.807) is 0 Å². The van der Waals surface area contributed by atoms with E-state index in [0.717, 1.165) is 10.5 Å². The first kappa shape index (κ1) is 12.0. The van der Waals surface area contributed by atoms with Crippen molar-refractivity contribution in [1.29, 1.82) is 0 Å². The molecule has 1 aliphatic rings. The van der Waals surface area contributed by atoms with Crippen LogP contribution in [0.3, 0.4) is 0 Å². The molecule has 0 aromatic rings. The molecule has 0 aromatic heterocycles. The molecule has 0 amide bonds. The highest BCUT2D eigenvalue weighted by atomic mass is 15.5. The zero-order valence-electron chi connectivity index (χ0n) is 10.8. The SMILES string of the molecule is CCCC1C[N+](C)(C)CN1C(C)(C)C. The van der Waals surface area contributed by atoms with Crippen molar-refractivity contribution in [3.63, 3.8) is 0 Å². The van der Waals surface area contributed by atoms with Gasteiger partial charge < -0.3 is 4.48 Å². The summed E-state index contributed by atoms with van der Waals surface area (Å²) < 4.78 is 1.15. The van der Waals surface area contributed by atoms with Crippen molar-refractivity contribution < 1.29 is 4.48 Å². The summed E-state index contributed by atoms with van der Waals surface area (Å²) in [6, 6.07) is 0.787. The Labute approximate surface area is 89.5 Å². The highest BCUT2D eigenvalue weighted by Crippen LogP contribution is 2.28. The first-order chi connectivity index (χ1) is 6.26. The van der Waals surface area contributed by atoms with E-state index in [9.17, 15) is 0 Å². The van der Waals surface area contributed by atoms with Crippen molar-refractivity contribution in [2.24, 2.45) is 0 Å². The molecule has 14 heavy (non-hydrogen) atoms. The van der Waals surface area contributed by atoms with Crippen molar-refractivity contribution in [3.05, 3.63) is 0 Å². The molecule has 1 saturated heterocycles. The highest BCUT2D eigenvalue weighted by molar-refractivity contribution is 4.84. The quantitative estimate of drug-likeness (QED) is 0.617. The van der Waals surface area contributed by atoms with Gasteiger partial charge in [-0.3, -0.25) is 0 Å². The molecule has 0 radical (unpaired) electrons. The summed E-state index contributed by atoms with van der Waals surface area (Å²) in [5, 5.41) is 0. The normalized spacial score (nSPS) is 28.3. The standard InChI is InChI=1S/C12H27N2/c1-7-8-11-9-14(5,6)10-13(11)12(2,3)4/h11H,7-10H2,1-6H3/q+1. The third-order valence-electron chi connectivity index (χ3n) is 3.16. The largest absolute Gasteiger partial charge is 0.315 e. The Morgan fingerprint density at radius 3 is 2.29 bits per heavy atom. The lowest BCUT2D eigenvalue weighted by molar-refractivity contribution is -0.883. The van der Waals surface area contributed by atoms with Gasteiger partial charge in [0, 0.05) is 5.54 Å². The Morgan fingerprint density at radius 2 is 1.86 bits per heavy atom. The molecular weight excluding hydrogens is 172 g/mol. The summed E-state index contributed by atoms with van der Waals surface area (Å²) >= 11 is 0. The summed E-state index contributed by atoms with van der Waals surface area (Å²) in [7, 11) is 4.68. The number of rotatable bonds is 2. The molecule has 2 nitrogen and oxygen atoms in total. The van der Waals surface area contributed by atoms with Crippen molar-refractivity contribution in [3.8, 4) is 0 Å². The molecule has 0 aromatic carbocycles. The first-order valence-corrected chi connectivity index (χ1v) is 5.85. The highest BCUT2D eigenvalue weighted by Gasteiger charge is 2.42. The molecule has 1 fully saturated rings. The second-order valence-electron chi connectivity index (χ2n) is 6.34. The molecule has 1 heterocycles. The van der Waals surface area contributed by atoms with Crippen LogP contribution >= 0.6 is 0 Å². The van der Waals surface area contributed by atoms with Gasteiger partial charge in [-0.05, 0) is 27.2 Å². The molecule has 84 valence electrons. The van der Waals surface area contributed by atoms with Gasteiger partial charge in [0.05, 0.1) is 26.7 Å². The minimum Gasteiger partial charge on any atom is -0.315 e. The van der Waals surface area contributed by atoms with E-state index in [1.807, 2.05) is 0 Å². The fraction of sp³-hybridized carbons (Fsp3) is 1.00. The van der Waals surface area contributed by atoms with Gasteiger partial charge in [0.2, 0.25) is 0 Å². The van der Waals surface area contributed by atoms with E-state index < -0.39 is 0 Å². The summed E-state index contributed by atoms with van der Waals surface area (Å²) in [6.07, 6.45) is 2.65. The third kappa shape index (κ3) is 2.71. The maximum absolute atomic E-state index is 2.68. The molecule has 1 unspecified atom stereocenters. The van der Waals surface area contributed by atoms with Gasteiger partial charge in [0.15, 0.2) is 0 Å². The number of quaternary nitrogens is 1. The smallest absolute Gasteiger partial charge is 0.135 e. The number of nitrogens with zero attached hydrogens (tertiary/aromatic N) is 2. The van der Waals surface area contributed by atoms with Crippen LogP contribution in [0, 0.1) is 0 Å². The van der Waals surface area contributed by atoms with Crippen LogP contribution in [0.25, 0.3) is 0 Å². The molecule has 0 bridgehead atoms. The van der Waals surface area contributed by atoms with E-state index >= 15 is 0 Å². The topological polar surface area (TPSA) is 3.24 Å². The van der Waals surface area contributed by atoms with Gasteiger partial charge in [-0.25, -0.2) is 4.90 Å². The Balaban J connectivity index is 2.73. The van der Waals surface area contributed by atoms with Crippen LogP contribution in [-0.4, -0.2) is 48.3 Å². The van der Waals surface area contributed by atoms with E-state index in [0.29, 0.717) is 5.54 Å². The molecule has 1 rings (SSSR count). The summed E-state index contributed by atoms with van der Waals surface area (Å²) in [4.78, 5) is 2.68. The van der Waals surface area contributed by atoms with Crippen molar-refractivity contribution >= 4 is 0 Å². The fourth-order valence-corrected chi connectivity index (χ4v) is 2.59. The van der Waals surface area contributed by atoms with E-state index in [-0.39, 0.29) is 0 Å². The van der Waals surface area contributed by atoms with Crippen LogP contribution in [0.15, 0.2) is 0 Å². The minimum absolute atomic E-state index is 0.325. The van der Waals surface area contributed by atoms with Crippen molar-refractivity contribution in [2.45, 2.75) is 52.1 Å². The lowest BCUT2D eigenvalue weighted by atomic mass is 10.0. The van der Waals surface area contributed by atoms with Crippen LogP contribution in [0.1, 0.15) is 40.5 Å². The Morgan fingerprint density at radius 1 is 1.29 bits per heavy atom. The maximum atomic E-state index is 2.68. The van der Waals surface area contributed by atoms with Gasteiger partial charge in [-0.15, -0.1) is 0 Å². The van der Waals surface area contributed by atoms with Crippen LogP contribution in [0.4, 0.5) is 0 Å². The van der Waals surface area contributed by atoms with E-state index in [2.05, 4.69) is 46.7 Å². The Hall–Kier alpha value is -0.0800. The number of hydrogen-bond acceptors (Lipinski definition) is 1. The molecule has 1 atom stereocenters. The predicted octanol–water partition coefficient (Wildman–Crippen LogP) is 2.30. The second-order valence-corrected chi connectivity index (χ2v) is 6.34. The number of hydrogen-bond donors (Lipinski definition) is 0. The van der Waals surface area contributed by atoms with Gasteiger partial charge in [0.25, 0.3) is 0 Å². The average molecular weight is 199 g/mol. The van der Waals surface area contributed by atoms with Crippen molar-refractivity contribution in [2.75, 3.05) is 27.3 Å². The minimum atomic E-state index is 0.325. The van der Waals surface area contributed by atoms with Gasteiger partial charge in [-0.1, -0.05) is 13.3 Å². The molecule has 0 N–H and O–H groups in total. The third-order valence-corrected chi connectivity index (χ3v) is 3.16. The van der Waals surface area contributed by atoms with Crippen LogP contribution < -0.4 is 0 Å². The maximum Gasteiger partial charge on any atom is 0.135 e. The van der Waals surface area contributed by atoms with Gasteiger partial charge >= 0.3 is 0 Å². The van der Waals surface area contributed by atoms with Crippen LogP contribution in [0.2, 0.25) is 0 Å². The monoisotopic (exact) mass is 199 g/mol. The first-order valence-electron chi connectivity index (χ1n) is 5.85. The Kier molecular flexibility index (Phi) is 3.27. The number of likely N-dealkylation sites (N-methyl/N-ethyl adjacent to an activating group) is 1. The van der Waals surface area contributed by atoms with Crippen molar-refractivity contribution in [1.82, 2.24) is 4.90 Å². The fourth-order valence-electron chi connectivity index (χ4n) is 2.59. The molecule has 0 spiro atoms. The van der Waals surface area contributed by atoms with Crippen LogP contribution in [0.5, 0.6) is 0 Å². The zero-order chi connectivity index (χ0) is 11.0. The van der Waals surface area contributed by atoms with Gasteiger partial charge in [0.1, 0.15) is 6.67 Å². The summed E-state index contributed by atoms with van der Waals surface area (Å²) in [6.45, 7) is 11.8. The predicted molar refractivity (Wildman–Crippen MR) is 62.1 cm³/mol. The molecule has 2 heteroatoms. The zero-order valence-corrected chi connectivity index (χ0v) is 10.8. The molecular formula is C12H27N2+. The van der Waals surface area contributed by atoms with E-state index in [1.165, 1.54) is 26.1 Å². The summed E-state index contributed by atoms with van der Waals surface area (Å²) in [5.74, 6) is 0.